The van der Waals surface area contributed by atoms with Gasteiger partial charge in [-0.3, -0.25) is 0 Å². The molecule has 0 aliphatic carbocycles. The van der Waals surface area contributed by atoms with Crippen LogP contribution in [0.4, 0.5) is 0 Å². The van der Waals surface area contributed by atoms with Gasteiger partial charge in [-0.25, -0.2) is 9.97 Å². The molecular weight excluding hydrogens is 231 g/mol. The van der Waals surface area contributed by atoms with Gasteiger partial charge in [0.15, 0.2) is 0 Å². The van der Waals surface area contributed by atoms with E-state index in [1.165, 1.54) is 6.33 Å². The Bertz CT molecular complexity index is 469. The van der Waals surface area contributed by atoms with Gasteiger partial charge in [-0.1, -0.05) is 37.0 Å². The standard InChI is InChI=1S/C9H6Cl2N2.C2H6/c1-5-7-2-6(10)3-8(11)9(7)13-4-12-5;1-2/h2-4H,1H3;1-2H3. The van der Waals surface area contributed by atoms with E-state index in [9.17, 15) is 0 Å². The number of benzene rings is 1. The highest BCUT2D eigenvalue weighted by atomic mass is 35.5. The molecule has 2 rings (SSSR count). The van der Waals surface area contributed by atoms with Crippen LogP contribution in [0.25, 0.3) is 10.9 Å². The molecule has 0 spiro atoms. The number of aromatic nitrogens is 2. The van der Waals surface area contributed by atoms with Gasteiger partial charge in [0, 0.05) is 16.1 Å². The molecule has 0 N–H and O–H groups in total. The van der Waals surface area contributed by atoms with Crippen LogP contribution in [0.3, 0.4) is 0 Å². The van der Waals surface area contributed by atoms with Gasteiger partial charge in [0.2, 0.25) is 0 Å². The zero-order valence-electron chi connectivity index (χ0n) is 8.88. The van der Waals surface area contributed by atoms with E-state index in [0.29, 0.717) is 10.0 Å². The van der Waals surface area contributed by atoms with Crippen molar-refractivity contribution in [3.8, 4) is 0 Å². The van der Waals surface area contributed by atoms with Crippen molar-refractivity contribution in [2.45, 2.75) is 20.8 Å². The van der Waals surface area contributed by atoms with Crippen LogP contribution in [-0.4, -0.2) is 9.97 Å². The number of halogens is 2. The van der Waals surface area contributed by atoms with Crippen molar-refractivity contribution < 1.29 is 0 Å². The van der Waals surface area contributed by atoms with Crippen LogP contribution in [0, 0.1) is 6.92 Å². The van der Waals surface area contributed by atoms with Crippen LogP contribution < -0.4 is 0 Å². The second kappa shape index (κ2) is 5.29. The van der Waals surface area contributed by atoms with Gasteiger partial charge >= 0.3 is 0 Å². The van der Waals surface area contributed by atoms with Gasteiger partial charge in [-0.2, -0.15) is 0 Å². The molecule has 15 heavy (non-hydrogen) atoms. The van der Waals surface area contributed by atoms with Crippen LogP contribution in [-0.2, 0) is 0 Å². The molecule has 1 aromatic heterocycles. The average Bonchev–Trinajstić information content (AvgIpc) is 2.23. The lowest BCUT2D eigenvalue weighted by Crippen LogP contribution is -1.87. The molecule has 4 heteroatoms. The number of fused-ring (bicyclic) bond motifs is 1. The van der Waals surface area contributed by atoms with E-state index in [1.807, 2.05) is 26.8 Å². The van der Waals surface area contributed by atoms with E-state index in [-0.39, 0.29) is 0 Å². The number of hydrogen-bond donors (Lipinski definition) is 0. The normalized spacial score (nSPS) is 9.67. The number of hydrogen-bond acceptors (Lipinski definition) is 2. The molecule has 0 saturated carbocycles. The van der Waals surface area contributed by atoms with E-state index < -0.39 is 0 Å². The second-order valence-electron chi connectivity index (χ2n) is 2.74. The summed E-state index contributed by atoms with van der Waals surface area (Å²) in [6.45, 7) is 5.90. The van der Waals surface area contributed by atoms with Crippen molar-refractivity contribution in [2.75, 3.05) is 0 Å². The van der Waals surface area contributed by atoms with Crippen molar-refractivity contribution in [3.63, 3.8) is 0 Å². The van der Waals surface area contributed by atoms with Crippen molar-refractivity contribution in [3.05, 3.63) is 34.2 Å². The highest BCUT2D eigenvalue weighted by Gasteiger charge is 2.04. The maximum Gasteiger partial charge on any atom is 0.116 e. The van der Waals surface area contributed by atoms with Crippen molar-refractivity contribution in [2.24, 2.45) is 0 Å². The largest absolute Gasteiger partial charge is 0.241 e. The molecule has 0 bridgehead atoms. The quantitative estimate of drug-likeness (QED) is 0.690. The Morgan fingerprint density at radius 1 is 1.07 bits per heavy atom. The third-order valence-corrected chi connectivity index (χ3v) is 2.36. The SMILES string of the molecule is CC.Cc1ncnc2c(Cl)cc(Cl)cc12. The molecule has 0 aliphatic heterocycles. The van der Waals surface area contributed by atoms with Crippen LogP contribution in [0.2, 0.25) is 10.0 Å². The Hall–Kier alpha value is -0.860. The molecule has 2 aromatic rings. The second-order valence-corrected chi connectivity index (χ2v) is 3.59. The van der Waals surface area contributed by atoms with Gasteiger partial charge in [0.25, 0.3) is 0 Å². The lowest BCUT2D eigenvalue weighted by atomic mass is 10.2. The van der Waals surface area contributed by atoms with Crippen LogP contribution in [0.1, 0.15) is 19.5 Å². The Morgan fingerprint density at radius 3 is 2.40 bits per heavy atom. The minimum absolute atomic E-state index is 0.563. The van der Waals surface area contributed by atoms with Gasteiger partial charge in [-0.15, -0.1) is 0 Å². The Labute approximate surface area is 99.3 Å². The first-order valence-electron chi connectivity index (χ1n) is 4.75. The predicted octanol–water partition coefficient (Wildman–Crippen LogP) is 4.27. The minimum atomic E-state index is 0.563. The summed E-state index contributed by atoms with van der Waals surface area (Å²) >= 11 is 11.8. The van der Waals surface area contributed by atoms with E-state index in [0.717, 1.165) is 16.6 Å². The Balaban J connectivity index is 0.000000531. The number of aryl methyl sites for hydroxylation is 1. The lowest BCUT2D eigenvalue weighted by Gasteiger charge is -2.02. The van der Waals surface area contributed by atoms with Crippen molar-refractivity contribution >= 4 is 34.1 Å². The molecule has 1 heterocycles. The molecule has 0 radical (unpaired) electrons. The van der Waals surface area contributed by atoms with E-state index in [4.69, 9.17) is 23.2 Å². The van der Waals surface area contributed by atoms with Crippen molar-refractivity contribution in [1.82, 2.24) is 9.97 Å². The van der Waals surface area contributed by atoms with Crippen LogP contribution >= 0.6 is 23.2 Å². The smallest absolute Gasteiger partial charge is 0.116 e. The molecule has 0 atom stereocenters. The summed E-state index contributed by atoms with van der Waals surface area (Å²) in [6.07, 6.45) is 1.50. The fraction of sp³-hybridized carbons (Fsp3) is 0.273. The molecule has 0 saturated heterocycles. The van der Waals surface area contributed by atoms with Crippen LogP contribution in [0.5, 0.6) is 0 Å². The van der Waals surface area contributed by atoms with Gasteiger partial charge in [-0.05, 0) is 19.1 Å². The van der Waals surface area contributed by atoms with Gasteiger partial charge in [0.1, 0.15) is 6.33 Å². The van der Waals surface area contributed by atoms with Gasteiger partial charge < -0.3 is 0 Å². The topological polar surface area (TPSA) is 25.8 Å². The highest BCUT2D eigenvalue weighted by Crippen LogP contribution is 2.26. The maximum absolute atomic E-state index is 5.96. The monoisotopic (exact) mass is 242 g/mol. The zero-order valence-corrected chi connectivity index (χ0v) is 10.4. The molecule has 2 nitrogen and oxygen atoms in total. The fourth-order valence-corrected chi connectivity index (χ4v) is 1.76. The first-order valence-corrected chi connectivity index (χ1v) is 5.50. The van der Waals surface area contributed by atoms with Gasteiger partial charge in [0.05, 0.1) is 10.5 Å². The first kappa shape index (κ1) is 12.2. The van der Waals surface area contributed by atoms with Crippen molar-refractivity contribution in [1.29, 1.82) is 0 Å². The minimum Gasteiger partial charge on any atom is -0.241 e. The molecule has 0 aliphatic rings. The zero-order chi connectivity index (χ0) is 11.4. The van der Waals surface area contributed by atoms with E-state index in [1.54, 1.807) is 6.07 Å². The summed E-state index contributed by atoms with van der Waals surface area (Å²) in [5, 5.41) is 2.07. The highest BCUT2D eigenvalue weighted by molar-refractivity contribution is 6.38. The lowest BCUT2D eigenvalue weighted by molar-refractivity contribution is 1.15. The molecule has 0 unspecified atom stereocenters. The Morgan fingerprint density at radius 2 is 1.73 bits per heavy atom. The third-order valence-electron chi connectivity index (χ3n) is 1.86. The summed E-state index contributed by atoms with van der Waals surface area (Å²) in [5.41, 5.74) is 1.63. The molecule has 1 aromatic carbocycles. The van der Waals surface area contributed by atoms with Crippen LogP contribution in [0.15, 0.2) is 18.5 Å². The third kappa shape index (κ3) is 2.58. The summed E-state index contributed by atoms with van der Waals surface area (Å²) in [4.78, 5) is 8.14. The summed E-state index contributed by atoms with van der Waals surface area (Å²) < 4.78 is 0. The molecule has 0 fully saturated rings. The summed E-state index contributed by atoms with van der Waals surface area (Å²) in [5.74, 6) is 0. The summed E-state index contributed by atoms with van der Waals surface area (Å²) in [6, 6.07) is 3.50. The Kier molecular flexibility index (Phi) is 4.30. The van der Waals surface area contributed by atoms with E-state index >= 15 is 0 Å². The maximum atomic E-state index is 5.96. The molecule has 0 amide bonds. The molecular formula is C11H12Cl2N2. The first-order chi connectivity index (χ1) is 7.18. The fourth-order valence-electron chi connectivity index (χ4n) is 1.22. The predicted molar refractivity (Wildman–Crippen MR) is 65.6 cm³/mol. The molecule has 80 valence electrons. The number of nitrogens with zero attached hydrogens (tertiary/aromatic N) is 2. The number of rotatable bonds is 0. The van der Waals surface area contributed by atoms with E-state index in [2.05, 4.69) is 9.97 Å². The average molecular weight is 243 g/mol. The summed E-state index contributed by atoms with van der Waals surface area (Å²) in [7, 11) is 0.